The molecule has 0 saturated heterocycles. The van der Waals surface area contributed by atoms with Gasteiger partial charge in [-0.25, -0.2) is 0 Å². The fourth-order valence-electron chi connectivity index (χ4n) is 3.85. The molecule has 0 heterocycles. The maximum atomic E-state index is 12.4. The zero-order chi connectivity index (χ0) is 21.4. The van der Waals surface area contributed by atoms with Gasteiger partial charge in [-0.3, -0.25) is 9.59 Å². The molecule has 4 atom stereocenters. The Kier molecular flexibility index (Phi) is 9.58. The predicted molar refractivity (Wildman–Crippen MR) is 111 cm³/mol. The molecule has 5 nitrogen and oxygen atoms in total. The molecule has 1 fully saturated rings. The van der Waals surface area contributed by atoms with Crippen LogP contribution >= 0.6 is 0 Å². The number of aliphatic hydroxyl groups excluding tert-OH is 1. The van der Waals surface area contributed by atoms with Crippen molar-refractivity contribution >= 4 is 11.8 Å². The van der Waals surface area contributed by atoms with Gasteiger partial charge in [0.2, 0.25) is 0 Å². The van der Waals surface area contributed by atoms with Crippen molar-refractivity contribution in [2.45, 2.75) is 90.8 Å². The summed E-state index contributed by atoms with van der Waals surface area (Å²) in [6, 6.07) is 0. The number of carbonyl (C=O) groups excluding carboxylic acids is 1. The van der Waals surface area contributed by atoms with Gasteiger partial charge in [0.15, 0.2) is 0 Å². The van der Waals surface area contributed by atoms with E-state index < -0.39 is 17.7 Å². The Hall–Kier alpha value is -1.46. The zero-order valence-electron chi connectivity index (χ0n) is 17.9. The lowest BCUT2D eigenvalue weighted by Gasteiger charge is -2.30. The molecule has 0 aromatic carbocycles. The van der Waals surface area contributed by atoms with E-state index >= 15 is 0 Å². The highest BCUT2D eigenvalue weighted by atomic mass is 16.4. The van der Waals surface area contributed by atoms with Crippen LogP contribution in [0.2, 0.25) is 0 Å². The number of Topliss-reactive ketones (excluding diaryl/α,β-unsaturated/α-hetero) is 1. The van der Waals surface area contributed by atoms with Gasteiger partial charge >= 0.3 is 5.97 Å². The van der Waals surface area contributed by atoms with E-state index in [1.165, 1.54) is 0 Å². The SMILES string of the molecule is CCCCC(C)(C)C(O)/C=C/C1C(C/C=C/CCCC(=O)O)C(=O)CC1(C)O. The van der Waals surface area contributed by atoms with Gasteiger partial charge in [-0.15, -0.1) is 0 Å². The van der Waals surface area contributed by atoms with Gasteiger partial charge in [0.1, 0.15) is 5.78 Å². The van der Waals surface area contributed by atoms with Crippen LogP contribution in [0.1, 0.15) is 79.1 Å². The minimum atomic E-state index is -1.11. The predicted octanol–water partition coefficient (Wildman–Crippen LogP) is 4.28. The molecule has 5 heteroatoms. The topological polar surface area (TPSA) is 94.8 Å². The number of ketones is 1. The number of allylic oxidation sites excluding steroid dienone is 2. The summed E-state index contributed by atoms with van der Waals surface area (Å²) in [6.45, 7) is 7.88. The summed E-state index contributed by atoms with van der Waals surface area (Å²) in [7, 11) is 0. The van der Waals surface area contributed by atoms with Crippen molar-refractivity contribution in [3.05, 3.63) is 24.3 Å². The summed E-state index contributed by atoms with van der Waals surface area (Å²) in [5, 5.41) is 30.0. The molecule has 0 amide bonds. The molecule has 0 aromatic rings. The van der Waals surface area contributed by atoms with Gasteiger partial charge in [-0.1, -0.05) is 57.9 Å². The minimum Gasteiger partial charge on any atom is -0.481 e. The Morgan fingerprint density at radius 3 is 2.61 bits per heavy atom. The van der Waals surface area contributed by atoms with E-state index in [4.69, 9.17) is 5.11 Å². The summed E-state index contributed by atoms with van der Waals surface area (Å²) < 4.78 is 0. The second-order valence-electron chi connectivity index (χ2n) is 9.05. The van der Waals surface area contributed by atoms with Crippen LogP contribution < -0.4 is 0 Å². The highest BCUT2D eigenvalue weighted by Gasteiger charge is 2.47. The first-order valence-corrected chi connectivity index (χ1v) is 10.5. The molecular weight excluding hydrogens is 356 g/mol. The number of rotatable bonds is 12. The molecule has 0 radical (unpaired) electrons. The molecule has 0 aliphatic heterocycles. The van der Waals surface area contributed by atoms with Crippen molar-refractivity contribution in [3.63, 3.8) is 0 Å². The monoisotopic (exact) mass is 394 g/mol. The van der Waals surface area contributed by atoms with E-state index in [2.05, 4.69) is 6.92 Å². The Labute approximate surface area is 169 Å². The highest BCUT2D eigenvalue weighted by molar-refractivity contribution is 5.85. The van der Waals surface area contributed by atoms with Crippen LogP contribution in [-0.4, -0.2) is 38.8 Å². The van der Waals surface area contributed by atoms with Gasteiger partial charge in [-0.05, 0) is 38.0 Å². The highest BCUT2D eigenvalue weighted by Crippen LogP contribution is 2.41. The van der Waals surface area contributed by atoms with Crippen molar-refractivity contribution in [1.29, 1.82) is 0 Å². The quantitative estimate of drug-likeness (QED) is 0.339. The Balaban J connectivity index is 2.75. The molecule has 1 aliphatic carbocycles. The zero-order valence-corrected chi connectivity index (χ0v) is 17.9. The molecule has 28 heavy (non-hydrogen) atoms. The summed E-state index contributed by atoms with van der Waals surface area (Å²) in [5.74, 6) is -1.41. The molecule has 0 aromatic heterocycles. The molecule has 160 valence electrons. The van der Waals surface area contributed by atoms with Crippen molar-refractivity contribution in [3.8, 4) is 0 Å². The van der Waals surface area contributed by atoms with Gasteiger partial charge in [0, 0.05) is 24.7 Å². The van der Waals surface area contributed by atoms with Crippen molar-refractivity contribution in [1.82, 2.24) is 0 Å². The van der Waals surface area contributed by atoms with Crippen LogP contribution in [0, 0.1) is 17.3 Å². The minimum absolute atomic E-state index is 0.0366. The van der Waals surface area contributed by atoms with Gasteiger partial charge in [0.25, 0.3) is 0 Å². The molecular formula is C23H38O5. The van der Waals surface area contributed by atoms with Crippen LogP contribution in [0.3, 0.4) is 0 Å². The first kappa shape index (κ1) is 24.6. The van der Waals surface area contributed by atoms with Crippen LogP contribution in [0.15, 0.2) is 24.3 Å². The number of hydrogen-bond acceptors (Lipinski definition) is 4. The number of carboxylic acids is 1. The number of carboxylic acid groups (broad SMARTS) is 1. The Bertz CT molecular complexity index is 574. The second kappa shape index (κ2) is 10.9. The number of aliphatic carboxylic acids is 1. The van der Waals surface area contributed by atoms with Gasteiger partial charge in [-0.2, -0.15) is 0 Å². The fraction of sp³-hybridized carbons (Fsp3) is 0.739. The Morgan fingerprint density at radius 2 is 2.00 bits per heavy atom. The molecule has 0 spiro atoms. The third kappa shape index (κ3) is 7.51. The first-order valence-electron chi connectivity index (χ1n) is 10.5. The molecule has 3 N–H and O–H groups in total. The number of unbranched alkanes of at least 4 members (excludes halogenated alkanes) is 2. The molecule has 0 bridgehead atoms. The third-order valence-corrected chi connectivity index (χ3v) is 5.89. The lowest BCUT2D eigenvalue weighted by Crippen LogP contribution is -2.32. The van der Waals surface area contributed by atoms with E-state index in [9.17, 15) is 19.8 Å². The van der Waals surface area contributed by atoms with Crippen LogP contribution in [0.4, 0.5) is 0 Å². The Morgan fingerprint density at radius 1 is 1.32 bits per heavy atom. The summed E-state index contributed by atoms with van der Waals surface area (Å²) in [6.07, 6.45) is 11.8. The van der Waals surface area contributed by atoms with E-state index in [1.54, 1.807) is 13.0 Å². The number of aliphatic hydroxyl groups is 2. The van der Waals surface area contributed by atoms with Gasteiger partial charge < -0.3 is 15.3 Å². The second-order valence-corrected chi connectivity index (χ2v) is 9.05. The molecule has 1 aliphatic rings. The third-order valence-electron chi connectivity index (χ3n) is 5.89. The van der Waals surface area contributed by atoms with Crippen molar-refractivity contribution in [2.75, 3.05) is 0 Å². The van der Waals surface area contributed by atoms with Crippen LogP contribution in [0.25, 0.3) is 0 Å². The first-order chi connectivity index (χ1) is 13.0. The lowest BCUT2D eigenvalue weighted by molar-refractivity contribution is -0.137. The van der Waals surface area contributed by atoms with Crippen molar-refractivity contribution < 1.29 is 24.9 Å². The lowest BCUT2D eigenvalue weighted by atomic mass is 9.79. The number of hydrogen-bond donors (Lipinski definition) is 3. The van der Waals surface area contributed by atoms with Crippen LogP contribution in [0.5, 0.6) is 0 Å². The maximum absolute atomic E-state index is 12.4. The number of carbonyl (C=O) groups is 2. The molecule has 4 unspecified atom stereocenters. The largest absolute Gasteiger partial charge is 0.481 e. The smallest absolute Gasteiger partial charge is 0.303 e. The summed E-state index contributed by atoms with van der Waals surface area (Å²) >= 11 is 0. The molecule has 1 rings (SSSR count). The molecule has 1 saturated carbocycles. The standard InChI is InChI=1S/C23H38O5/c1-5-6-15-22(2,3)20(25)14-13-18-17(19(24)16-23(18,4)28)11-9-7-8-10-12-21(26)27/h7,9,13-14,17-18,20,25,28H,5-6,8,10-12,15-16H2,1-4H3,(H,26,27)/b9-7+,14-13+. The summed E-state index contributed by atoms with van der Waals surface area (Å²) in [5.41, 5.74) is -1.36. The fourth-order valence-corrected chi connectivity index (χ4v) is 3.85. The van der Waals surface area contributed by atoms with E-state index in [1.807, 2.05) is 32.1 Å². The van der Waals surface area contributed by atoms with E-state index in [0.29, 0.717) is 19.3 Å². The normalized spacial score (nSPS) is 27.1. The van der Waals surface area contributed by atoms with Crippen LogP contribution in [-0.2, 0) is 9.59 Å². The average Bonchev–Trinajstić information content (AvgIpc) is 2.81. The van der Waals surface area contributed by atoms with Gasteiger partial charge in [0.05, 0.1) is 11.7 Å². The maximum Gasteiger partial charge on any atom is 0.303 e. The summed E-state index contributed by atoms with van der Waals surface area (Å²) in [4.78, 5) is 23.0. The van der Waals surface area contributed by atoms with E-state index in [0.717, 1.165) is 19.3 Å². The average molecular weight is 395 g/mol. The van der Waals surface area contributed by atoms with Crippen molar-refractivity contribution in [2.24, 2.45) is 17.3 Å². The van der Waals surface area contributed by atoms with E-state index in [-0.39, 0.29) is 35.9 Å².